The van der Waals surface area contributed by atoms with Crippen molar-refractivity contribution < 1.29 is 38.9 Å². The van der Waals surface area contributed by atoms with E-state index in [1.165, 1.54) is 0 Å². The SMILES string of the molecule is O=C(CCC(=O)C(=O)OCCCO)OCCCO.O=C(c1ccccc1)c1ccccc1. The highest BCUT2D eigenvalue weighted by molar-refractivity contribution is 6.33. The quantitative estimate of drug-likeness (QED) is 0.221. The second-order valence-electron chi connectivity index (χ2n) is 6.50. The third kappa shape index (κ3) is 11.1. The summed E-state index contributed by atoms with van der Waals surface area (Å²) in [6.45, 7) is -0.144. The number of carbonyl (C=O) groups is 4. The minimum absolute atomic E-state index is 0.0258. The maximum Gasteiger partial charge on any atom is 0.374 e. The first kappa shape index (κ1) is 26.7. The van der Waals surface area contributed by atoms with Crippen LogP contribution in [-0.2, 0) is 23.9 Å². The van der Waals surface area contributed by atoms with E-state index in [0.717, 1.165) is 11.1 Å². The predicted molar refractivity (Wildman–Crippen MR) is 116 cm³/mol. The summed E-state index contributed by atoms with van der Waals surface area (Å²) in [4.78, 5) is 45.1. The number of carbonyl (C=O) groups excluding carboxylic acids is 4. The zero-order valence-corrected chi connectivity index (χ0v) is 17.8. The zero-order valence-electron chi connectivity index (χ0n) is 17.8. The number of aliphatic hydroxyl groups is 2. The first-order valence-electron chi connectivity index (χ1n) is 10.2. The van der Waals surface area contributed by atoms with E-state index in [4.69, 9.17) is 10.2 Å². The maximum absolute atomic E-state index is 11.8. The van der Waals surface area contributed by atoms with E-state index < -0.39 is 17.7 Å². The summed E-state index contributed by atoms with van der Waals surface area (Å²) in [5.41, 5.74) is 1.47. The van der Waals surface area contributed by atoms with Crippen LogP contribution in [-0.4, -0.2) is 60.1 Å². The second-order valence-corrected chi connectivity index (χ2v) is 6.50. The molecule has 2 aromatic carbocycles. The van der Waals surface area contributed by atoms with Crippen LogP contribution in [0.15, 0.2) is 60.7 Å². The van der Waals surface area contributed by atoms with Crippen LogP contribution in [0.2, 0.25) is 0 Å². The van der Waals surface area contributed by atoms with Gasteiger partial charge in [0.15, 0.2) is 5.78 Å². The van der Waals surface area contributed by atoms with E-state index in [9.17, 15) is 19.2 Å². The van der Waals surface area contributed by atoms with Gasteiger partial charge < -0.3 is 19.7 Å². The van der Waals surface area contributed by atoms with E-state index in [0.29, 0.717) is 6.42 Å². The molecule has 0 bridgehead atoms. The molecule has 8 heteroatoms. The van der Waals surface area contributed by atoms with E-state index in [1.54, 1.807) is 0 Å². The lowest BCUT2D eigenvalue weighted by Crippen LogP contribution is -2.20. The lowest BCUT2D eigenvalue weighted by atomic mass is 10.0. The molecule has 0 aliphatic carbocycles. The largest absolute Gasteiger partial charge is 0.466 e. The molecule has 8 nitrogen and oxygen atoms in total. The summed E-state index contributed by atoms with van der Waals surface area (Å²) in [7, 11) is 0. The Morgan fingerprint density at radius 1 is 0.656 bits per heavy atom. The number of ketones is 2. The van der Waals surface area contributed by atoms with Crippen molar-refractivity contribution in [3.8, 4) is 0 Å². The van der Waals surface area contributed by atoms with Gasteiger partial charge in [0.05, 0.1) is 19.6 Å². The lowest BCUT2D eigenvalue weighted by Gasteiger charge is -2.04. The second kappa shape index (κ2) is 16.3. The number of hydrogen-bond donors (Lipinski definition) is 2. The number of ether oxygens (including phenoxy) is 2. The average Bonchev–Trinajstić information content (AvgIpc) is 2.83. The Hall–Kier alpha value is -3.36. The molecule has 0 spiro atoms. The van der Waals surface area contributed by atoms with Crippen molar-refractivity contribution >= 4 is 23.5 Å². The summed E-state index contributed by atoms with van der Waals surface area (Å²) in [6, 6.07) is 18.6. The van der Waals surface area contributed by atoms with E-state index in [-0.39, 0.29) is 51.5 Å². The Bertz CT molecular complexity index is 792. The van der Waals surface area contributed by atoms with Crippen molar-refractivity contribution in [2.75, 3.05) is 26.4 Å². The Labute approximate surface area is 186 Å². The van der Waals surface area contributed by atoms with Gasteiger partial charge in [-0.2, -0.15) is 0 Å². The van der Waals surface area contributed by atoms with Gasteiger partial charge in [-0.05, 0) is 0 Å². The van der Waals surface area contributed by atoms with Crippen molar-refractivity contribution in [2.24, 2.45) is 0 Å². The molecule has 2 rings (SSSR count). The monoisotopic (exact) mass is 444 g/mol. The fourth-order valence-corrected chi connectivity index (χ4v) is 2.30. The molecule has 0 fully saturated rings. The summed E-state index contributed by atoms with van der Waals surface area (Å²) in [6.07, 6.45) is 0.139. The molecule has 0 unspecified atom stereocenters. The average molecular weight is 444 g/mol. The number of benzene rings is 2. The maximum atomic E-state index is 11.8. The molecule has 0 aliphatic rings. The molecule has 0 aromatic heterocycles. The first-order chi connectivity index (χ1) is 15.5. The minimum Gasteiger partial charge on any atom is -0.466 e. The van der Waals surface area contributed by atoms with Gasteiger partial charge in [-0.25, -0.2) is 4.79 Å². The highest BCUT2D eigenvalue weighted by atomic mass is 16.5. The molecule has 0 saturated heterocycles. The van der Waals surface area contributed by atoms with Crippen molar-refractivity contribution in [3.05, 3.63) is 71.8 Å². The molecular weight excluding hydrogens is 416 g/mol. The fraction of sp³-hybridized carbons (Fsp3) is 0.333. The number of esters is 2. The van der Waals surface area contributed by atoms with Crippen LogP contribution in [0.4, 0.5) is 0 Å². The van der Waals surface area contributed by atoms with Crippen LogP contribution in [0.25, 0.3) is 0 Å². The van der Waals surface area contributed by atoms with Crippen molar-refractivity contribution in [1.82, 2.24) is 0 Å². The van der Waals surface area contributed by atoms with Crippen LogP contribution in [0, 0.1) is 0 Å². The highest BCUT2D eigenvalue weighted by Crippen LogP contribution is 2.08. The third-order valence-electron chi connectivity index (χ3n) is 3.96. The predicted octanol–water partition coefficient (Wildman–Crippen LogP) is 2.10. The molecule has 0 atom stereocenters. The third-order valence-corrected chi connectivity index (χ3v) is 3.96. The standard InChI is InChI=1S/C13H10O.C11H18O7/c14-13(11-7-3-1-4-8-11)12-9-5-2-6-10-12;12-5-1-7-17-10(15)4-3-9(14)11(16)18-8-2-6-13/h1-10H;12-13H,1-8H2. The molecule has 0 radical (unpaired) electrons. The summed E-state index contributed by atoms with van der Waals surface area (Å²) < 4.78 is 9.22. The Morgan fingerprint density at radius 2 is 1.12 bits per heavy atom. The molecule has 0 amide bonds. The highest BCUT2D eigenvalue weighted by Gasteiger charge is 2.17. The zero-order chi connectivity index (χ0) is 23.6. The minimum atomic E-state index is -1.01. The van der Waals surface area contributed by atoms with Crippen LogP contribution in [0.1, 0.15) is 41.6 Å². The van der Waals surface area contributed by atoms with Gasteiger partial charge in [0, 0.05) is 43.6 Å². The molecule has 2 N–H and O–H groups in total. The molecular formula is C24H28O8. The van der Waals surface area contributed by atoms with Crippen LogP contribution >= 0.6 is 0 Å². The number of rotatable bonds is 12. The molecule has 172 valence electrons. The van der Waals surface area contributed by atoms with E-state index >= 15 is 0 Å². The van der Waals surface area contributed by atoms with Gasteiger partial charge >= 0.3 is 11.9 Å². The fourth-order valence-electron chi connectivity index (χ4n) is 2.30. The Kier molecular flexibility index (Phi) is 13.6. The lowest BCUT2D eigenvalue weighted by molar-refractivity contribution is -0.155. The normalized spacial score (nSPS) is 9.81. The Balaban J connectivity index is 0.000000328. The number of aliphatic hydroxyl groups excluding tert-OH is 2. The molecule has 0 aliphatic heterocycles. The summed E-state index contributed by atoms with van der Waals surface area (Å²) in [5.74, 6) is -2.33. The summed E-state index contributed by atoms with van der Waals surface area (Å²) in [5, 5.41) is 16.9. The van der Waals surface area contributed by atoms with Gasteiger partial charge in [0.2, 0.25) is 5.78 Å². The summed E-state index contributed by atoms with van der Waals surface area (Å²) >= 11 is 0. The smallest absolute Gasteiger partial charge is 0.374 e. The molecule has 32 heavy (non-hydrogen) atoms. The van der Waals surface area contributed by atoms with Gasteiger partial charge in [0.25, 0.3) is 0 Å². The molecule has 0 heterocycles. The first-order valence-corrected chi connectivity index (χ1v) is 10.2. The topological polar surface area (TPSA) is 127 Å². The number of hydrogen-bond acceptors (Lipinski definition) is 8. The van der Waals surface area contributed by atoms with Crippen molar-refractivity contribution in [3.63, 3.8) is 0 Å². The number of Topliss-reactive ketones (excluding diaryl/α,β-unsaturated/α-hetero) is 1. The van der Waals surface area contributed by atoms with E-state index in [2.05, 4.69) is 9.47 Å². The van der Waals surface area contributed by atoms with Crippen LogP contribution in [0.3, 0.4) is 0 Å². The van der Waals surface area contributed by atoms with Gasteiger partial charge in [0.1, 0.15) is 0 Å². The van der Waals surface area contributed by atoms with Gasteiger partial charge in [-0.15, -0.1) is 0 Å². The van der Waals surface area contributed by atoms with Crippen LogP contribution < -0.4 is 0 Å². The van der Waals surface area contributed by atoms with Crippen molar-refractivity contribution in [1.29, 1.82) is 0 Å². The van der Waals surface area contributed by atoms with Crippen molar-refractivity contribution in [2.45, 2.75) is 25.7 Å². The molecule has 2 aromatic rings. The van der Waals surface area contributed by atoms with Crippen LogP contribution in [0.5, 0.6) is 0 Å². The van der Waals surface area contributed by atoms with Gasteiger partial charge in [-0.3, -0.25) is 14.4 Å². The van der Waals surface area contributed by atoms with Gasteiger partial charge in [-0.1, -0.05) is 60.7 Å². The Morgan fingerprint density at radius 3 is 1.59 bits per heavy atom. The molecule has 0 saturated carbocycles. The van der Waals surface area contributed by atoms with E-state index in [1.807, 2.05) is 60.7 Å².